The van der Waals surface area contributed by atoms with Gasteiger partial charge in [-0.2, -0.15) is 0 Å². The second-order valence-corrected chi connectivity index (χ2v) is 4.83. The van der Waals surface area contributed by atoms with Crippen molar-refractivity contribution in [2.45, 2.75) is 38.0 Å². The smallest absolute Gasteiger partial charge is 0.120 e. The van der Waals surface area contributed by atoms with Gasteiger partial charge in [-0.3, -0.25) is 0 Å². The van der Waals surface area contributed by atoms with Crippen molar-refractivity contribution in [2.24, 2.45) is 5.92 Å². The molecular formula is C15H20O2. The molecule has 1 aliphatic carbocycles. The molecule has 1 atom stereocenters. The highest BCUT2D eigenvalue weighted by Crippen LogP contribution is 2.39. The van der Waals surface area contributed by atoms with Crippen molar-refractivity contribution in [2.75, 3.05) is 7.11 Å². The summed E-state index contributed by atoms with van der Waals surface area (Å²) in [4.78, 5) is 10.9. The number of rotatable bonds is 5. The first kappa shape index (κ1) is 12.2. The summed E-state index contributed by atoms with van der Waals surface area (Å²) in [5, 5.41) is 0. The van der Waals surface area contributed by atoms with E-state index in [1.54, 1.807) is 7.11 Å². The molecule has 0 heterocycles. The summed E-state index contributed by atoms with van der Waals surface area (Å²) >= 11 is 0. The van der Waals surface area contributed by atoms with E-state index in [-0.39, 0.29) is 0 Å². The molecule has 1 aliphatic rings. The van der Waals surface area contributed by atoms with E-state index >= 15 is 0 Å². The molecule has 92 valence electrons. The lowest BCUT2D eigenvalue weighted by Crippen LogP contribution is -2.10. The standard InChI is InChI=1S/C15H20O2/c1-17-14-8-4-7-13(11-14)15(9-10-16)12-5-2-3-6-12/h4,7-8,10-12,15H,2-3,5-6,9H2,1H3. The van der Waals surface area contributed by atoms with Crippen LogP contribution in [0, 0.1) is 5.92 Å². The van der Waals surface area contributed by atoms with Crippen LogP contribution in [0.25, 0.3) is 0 Å². The van der Waals surface area contributed by atoms with Gasteiger partial charge in [0.05, 0.1) is 7.11 Å². The largest absolute Gasteiger partial charge is 0.497 e. The highest BCUT2D eigenvalue weighted by atomic mass is 16.5. The highest BCUT2D eigenvalue weighted by Gasteiger charge is 2.26. The Hall–Kier alpha value is -1.31. The topological polar surface area (TPSA) is 26.3 Å². The predicted molar refractivity (Wildman–Crippen MR) is 68.4 cm³/mol. The zero-order chi connectivity index (χ0) is 12.1. The zero-order valence-electron chi connectivity index (χ0n) is 10.4. The first-order valence-electron chi connectivity index (χ1n) is 6.42. The van der Waals surface area contributed by atoms with Crippen molar-refractivity contribution in [1.29, 1.82) is 0 Å². The third kappa shape index (κ3) is 2.87. The van der Waals surface area contributed by atoms with E-state index in [4.69, 9.17) is 4.74 Å². The molecule has 0 bridgehead atoms. The first-order valence-corrected chi connectivity index (χ1v) is 6.42. The molecule has 2 heteroatoms. The fourth-order valence-corrected chi connectivity index (χ4v) is 2.94. The Morgan fingerprint density at radius 3 is 2.82 bits per heavy atom. The maximum Gasteiger partial charge on any atom is 0.120 e. The minimum Gasteiger partial charge on any atom is -0.497 e. The summed E-state index contributed by atoms with van der Waals surface area (Å²) in [6, 6.07) is 8.17. The molecule has 2 nitrogen and oxygen atoms in total. The second kappa shape index (κ2) is 5.85. The van der Waals surface area contributed by atoms with E-state index < -0.39 is 0 Å². The number of hydrogen-bond acceptors (Lipinski definition) is 2. The predicted octanol–water partition coefficient (Wildman–Crippen LogP) is 3.56. The Labute approximate surface area is 103 Å². The van der Waals surface area contributed by atoms with Crippen molar-refractivity contribution >= 4 is 6.29 Å². The van der Waals surface area contributed by atoms with Gasteiger partial charge >= 0.3 is 0 Å². The van der Waals surface area contributed by atoms with Crippen molar-refractivity contribution in [3.05, 3.63) is 29.8 Å². The Morgan fingerprint density at radius 2 is 2.18 bits per heavy atom. The summed E-state index contributed by atoms with van der Waals surface area (Å²) in [7, 11) is 1.68. The van der Waals surface area contributed by atoms with Gasteiger partial charge in [0.1, 0.15) is 12.0 Å². The normalized spacial score (nSPS) is 17.9. The quantitative estimate of drug-likeness (QED) is 0.726. The van der Waals surface area contributed by atoms with Crippen LogP contribution in [0.15, 0.2) is 24.3 Å². The summed E-state index contributed by atoms with van der Waals surface area (Å²) in [6.07, 6.45) is 6.83. The van der Waals surface area contributed by atoms with Gasteiger partial charge in [-0.15, -0.1) is 0 Å². The van der Waals surface area contributed by atoms with E-state index in [9.17, 15) is 4.79 Å². The van der Waals surface area contributed by atoms with Gasteiger partial charge in [-0.25, -0.2) is 0 Å². The summed E-state index contributed by atoms with van der Waals surface area (Å²) in [5.74, 6) is 1.94. The van der Waals surface area contributed by atoms with E-state index in [0.717, 1.165) is 12.0 Å². The SMILES string of the molecule is COc1cccc(C(CC=O)C2CCCC2)c1. The minimum absolute atomic E-state index is 0.380. The Bertz CT molecular complexity index is 367. The second-order valence-electron chi connectivity index (χ2n) is 4.83. The van der Waals surface area contributed by atoms with Gasteiger partial charge in [-0.05, 0) is 42.4 Å². The molecule has 0 saturated heterocycles. The van der Waals surface area contributed by atoms with E-state index in [2.05, 4.69) is 12.1 Å². The molecule has 0 N–H and O–H groups in total. The van der Waals surface area contributed by atoms with E-state index in [1.165, 1.54) is 31.2 Å². The van der Waals surface area contributed by atoms with Crippen molar-refractivity contribution in [3.8, 4) is 5.75 Å². The van der Waals surface area contributed by atoms with Crippen LogP contribution in [0.1, 0.15) is 43.6 Å². The zero-order valence-corrected chi connectivity index (χ0v) is 10.4. The average Bonchev–Trinajstić information content (AvgIpc) is 2.89. The average molecular weight is 232 g/mol. The maximum absolute atomic E-state index is 10.9. The van der Waals surface area contributed by atoms with E-state index in [1.807, 2.05) is 12.1 Å². The lowest BCUT2D eigenvalue weighted by Gasteiger charge is -2.22. The van der Waals surface area contributed by atoms with Crippen LogP contribution < -0.4 is 4.74 Å². The lowest BCUT2D eigenvalue weighted by atomic mass is 9.83. The maximum atomic E-state index is 10.9. The van der Waals surface area contributed by atoms with E-state index in [0.29, 0.717) is 18.3 Å². The minimum atomic E-state index is 0.380. The van der Waals surface area contributed by atoms with Gasteiger partial charge in [-0.1, -0.05) is 25.0 Å². The number of methoxy groups -OCH3 is 1. The summed E-state index contributed by atoms with van der Waals surface area (Å²) in [6.45, 7) is 0. The van der Waals surface area contributed by atoms with Gasteiger partial charge in [0.15, 0.2) is 0 Å². The summed E-state index contributed by atoms with van der Waals surface area (Å²) < 4.78 is 5.26. The van der Waals surface area contributed by atoms with Crippen molar-refractivity contribution in [3.63, 3.8) is 0 Å². The molecule has 0 amide bonds. The molecule has 1 fully saturated rings. The van der Waals surface area contributed by atoms with Gasteiger partial charge < -0.3 is 9.53 Å². The van der Waals surface area contributed by atoms with Crippen molar-refractivity contribution < 1.29 is 9.53 Å². The lowest BCUT2D eigenvalue weighted by molar-refractivity contribution is -0.108. The van der Waals surface area contributed by atoms with Gasteiger partial charge in [0, 0.05) is 6.42 Å². The Kier molecular flexibility index (Phi) is 4.18. The molecule has 0 aromatic heterocycles. The van der Waals surface area contributed by atoms with Gasteiger partial charge in [0.2, 0.25) is 0 Å². The fourth-order valence-electron chi connectivity index (χ4n) is 2.94. The number of carbonyl (C=O) groups excluding carboxylic acids is 1. The van der Waals surface area contributed by atoms with Crippen LogP contribution in [-0.4, -0.2) is 13.4 Å². The van der Waals surface area contributed by atoms with Crippen LogP contribution in [0.4, 0.5) is 0 Å². The molecule has 0 aliphatic heterocycles. The van der Waals surface area contributed by atoms with Crippen molar-refractivity contribution in [1.82, 2.24) is 0 Å². The molecule has 0 radical (unpaired) electrons. The third-order valence-electron chi connectivity index (χ3n) is 3.84. The van der Waals surface area contributed by atoms with Crippen LogP contribution in [0.5, 0.6) is 5.75 Å². The number of ether oxygens (including phenoxy) is 1. The molecule has 1 saturated carbocycles. The molecule has 1 aromatic carbocycles. The monoisotopic (exact) mass is 232 g/mol. The highest BCUT2D eigenvalue weighted by molar-refractivity contribution is 5.52. The molecule has 17 heavy (non-hydrogen) atoms. The molecule has 1 unspecified atom stereocenters. The Balaban J connectivity index is 2.20. The van der Waals surface area contributed by atoms with Crippen LogP contribution in [-0.2, 0) is 4.79 Å². The first-order chi connectivity index (χ1) is 8.35. The molecular weight excluding hydrogens is 212 g/mol. The number of hydrogen-bond donors (Lipinski definition) is 0. The third-order valence-corrected chi connectivity index (χ3v) is 3.84. The van der Waals surface area contributed by atoms with Gasteiger partial charge in [0.25, 0.3) is 0 Å². The molecule has 2 rings (SSSR count). The number of benzene rings is 1. The van der Waals surface area contributed by atoms with Crippen LogP contribution >= 0.6 is 0 Å². The number of carbonyl (C=O) groups is 1. The van der Waals surface area contributed by atoms with Crippen LogP contribution in [0.2, 0.25) is 0 Å². The molecule has 0 spiro atoms. The fraction of sp³-hybridized carbons (Fsp3) is 0.533. The number of aldehydes is 1. The Morgan fingerprint density at radius 1 is 1.41 bits per heavy atom. The summed E-state index contributed by atoms with van der Waals surface area (Å²) in [5.41, 5.74) is 1.25. The molecule has 1 aromatic rings. The van der Waals surface area contributed by atoms with Crippen LogP contribution in [0.3, 0.4) is 0 Å².